The lowest BCUT2D eigenvalue weighted by molar-refractivity contribution is 0.0732. The fourth-order valence-corrected chi connectivity index (χ4v) is 3.67. The molecule has 0 aromatic heterocycles. The fraction of sp³-hybridized carbons (Fsp3) is 0.533. The minimum absolute atomic E-state index is 0.0167. The van der Waals surface area contributed by atoms with Crippen LogP contribution in [-0.2, 0) is 15.5 Å². The van der Waals surface area contributed by atoms with E-state index in [2.05, 4.69) is 6.92 Å². The van der Waals surface area contributed by atoms with E-state index in [1.54, 1.807) is 6.07 Å². The van der Waals surface area contributed by atoms with Gasteiger partial charge in [0.1, 0.15) is 0 Å². The SMILES string of the molecule is CCc1ccc(S(=O)(=O)Cl)cc1C(=O)N1CCCC1CC. The highest BCUT2D eigenvalue weighted by atomic mass is 35.7. The summed E-state index contributed by atoms with van der Waals surface area (Å²) in [6.07, 6.45) is 3.60. The molecule has 0 N–H and O–H groups in total. The maximum absolute atomic E-state index is 12.8. The molecule has 4 nitrogen and oxygen atoms in total. The minimum atomic E-state index is -3.82. The lowest BCUT2D eigenvalue weighted by Gasteiger charge is -2.25. The lowest BCUT2D eigenvalue weighted by atomic mass is 10.0. The van der Waals surface area contributed by atoms with Gasteiger partial charge in [0.15, 0.2) is 0 Å². The maximum atomic E-state index is 12.8. The van der Waals surface area contributed by atoms with Gasteiger partial charge in [-0.25, -0.2) is 8.42 Å². The first-order chi connectivity index (χ1) is 9.88. The Morgan fingerprint density at radius 3 is 2.67 bits per heavy atom. The Kier molecular flexibility index (Phi) is 4.94. The molecule has 0 saturated carbocycles. The van der Waals surface area contributed by atoms with Gasteiger partial charge in [0, 0.05) is 28.8 Å². The van der Waals surface area contributed by atoms with Crippen molar-refractivity contribution in [1.82, 2.24) is 4.90 Å². The zero-order valence-corrected chi connectivity index (χ0v) is 13.9. The van der Waals surface area contributed by atoms with Crippen molar-refractivity contribution in [3.05, 3.63) is 29.3 Å². The van der Waals surface area contributed by atoms with Crippen LogP contribution in [0.3, 0.4) is 0 Å². The number of carbonyl (C=O) groups is 1. The van der Waals surface area contributed by atoms with Crippen molar-refractivity contribution >= 4 is 25.6 Å². The van der Waals surface area contributed by atoms with E-state index < -0.39 is 9.05 Å². The molecule has 1 fully saturated rings. The predicted molar refractivity (Wildman–Crippen MR) is 83.2 cm³/mol. The summed E-state index contributed by atoms with van der Waals surface area (Å²) >= 11 is 0. The van der Waals surface area contributed by atoms with Gasteiger partial charge < -0.3 is 4.90 Å². The maximum Gasteiger partial charge on any atom is 0.261 e. The number of benzene rings is 1. The van der Waals surface area contributed by atoms with Crippen molar-refractivity contribution in [3.8, 4) is 0 Å². The molecule has 1 saturated heterocycles. The molecule has 2 rings (SSSR count). The van der Waals surface area contributed by atoms with Crippen LogP contribution in [-0.4, -0.2) is 31.8 Å². The number of carbonyl (C=O) groups excluding carboxylic acids is 1. The van der Waals surface area contributed by atoms with Gasteiger partial charge in [0.2, 0.25) is 0 Å². The molecule has 1 heterocycles. The van der Waals surface area contributed by atoms with Crippen LogP contribution in [0.2, 0.25) is 0 Å². The van der Waals surface area contributed by atoms with Crippen LogP contribution in [0.25, 0.3) is 0 Å². The number of likely N-dealkylation sites (tertiary alicyclic amines) is 1. The van der Waals surface area contributed by atoms with Gasteiger partial charge in [-0.15, -0.1) is 0 Å². The molecule has 116 valence electrons. The molecule has 0 bridgehead atoms. The Morgan fingerprint density at radius 1 is 1.38 bits per heavy atom. The Bertz CT molecular complexity index is 642. The normalized spacial score (nSPS) is 19.0. The van der Waals surface area contributed by atoms with Gasteiger partial charge in [-0.1, -0.05) is 19.9 Å². The minimum Gasteiger partial charge on any atom is -0.336 e. The van der Waals surface area contributed by atoms with Crippen molar-refractivity contribution < 1.29 is 13.2 Å². The van der Waals surface area contributed by atoms with Crippen LogP contribution in [0.5, 0.6) is 0 Å². The van der Waals surface area contributed by atoms with E-state index in [1.807, 2.05) is 11.8 Å². The van der Waals surface area contributed by atoms with Crippen LogP contribution < -0.4 is 0 Å². The zero-order valence-electron chi connectivity index (χ0n) is 12.3. The highest BCUT2D eigenvalue weighted by molar-refractivity contribution is 8.13. The summed E-state index contributed by atoms with van der Waals surface area (Å²) in [6.45, 7) is 4.75. The van der Waals surface area contributed by atoms with Crippen molar-refractivity contribution in [2.75, 3.05) is 6.54 Å². The van der Waals surface area contributed by atoms with Gasteiger partial charge in [-0.3, -0.25) is 4.79 Å². The standard InChI is InChI=1S/C15H20ClNO3S/c1-3-11-7-8-13(21(16,19)20)10-14(11)15(18)17-9-5-6-12(17)4-2/h7-8,10,12H,3-6,9H2,1-2H3. The summed E-state index contributed by atoms with van der Waals surface area (Å²) in [6, 6.07) is 4.80. The zero-order chi connectivity index (χ0) is 15.6. The van der Waals surface area contributed by atoms with E-state index in [4.69, 9.17) is 10.7 Å². The molecular formula is C15H20ClNO3S. The van der Waals surface area contributed by atoms with E-state index in [1.165, 1.54) is 12.1 Å². The Hall–Kier alpha value is -1.07. The second-order valence-electron chi connectivity index (χ2n) is 5.31. The van der Waals surface area contributed by atoms with Crippen molar-refractivity contribution in [1.29, 1.82) is 0 Å². The average Bonchev–Trinajstić information content (AvgIpc) is 2.93. The van der Waals surface area contributed by atoms with Crippen LogP contribution in [0.1, 0.15) is 49.0 Å². The Morgan fingerprint density at radius 2 is 2.10 bits per heavy atom. The van der Waals surface area contributed by atoms with Crippen LogP contribution >= 0.6 is 10.7 Å². The molecular weight excluding hydrogens is 310 g/mol. The third kappa shape index (κ3) is 3.40. The molecule has 1 amide bonds. The number of amides is 1. The summed E-state index contributed by atoms with van der Waals surface area (Å²) < 4.78 is 23.0. The third-order valence-corrected chi connectivity index (χ3v) is 5.43. The van der Waals surface area contributed by atoms with E-state index in [9.17, 15) is 13.2 Å². The number of hydrogen-bond acceptors (Lipinski definition) is 3. The van der Waals surface area contributed by atoms with Crippen LogP contribution in [0.4, 0.5) is 0 Å². The molecule has 0 aliphatic carbocycles. The van der Waals surface area contributed by atoms with Crippen LogP contribution in [0, 0.1) is 0 Å². The first-order valence-corrected chi connectivity index (χ1v) is 9.58. The van der Waals surface area contributed by atoms with Gasteiger partial charge in [-0.05, 0) is 43.4 Å². The smallest absolute Gasteiger partial charge is 0.261 e. The molecule has 6 heteroatoms. The quantitative estimate of drug-likeness (QED) is 0.797. The number of nitrogens with zero attached hydrogens (tertiary/aromatic N) is 1. The van der Waals surface area contributed by atoms with Gasteiger partial charge in [0.25, 0.3) is 15.0 Å². The Labute approximate surface area is 130 Å². The molecule has 1 aromatic carbocycles. The predicted octanol–water partition coefficient (Wildman–Crippen LogP) is 3.19. The third-order valence-electron chi connectivity index (χ3n) is 4.08. The summed E-state index contributed by atoms with van der Waals surface area (Å²) in [5, 5.41) is 0. The summed E-state index contributed by atoms with van der Waals surface area (Å²) in [5.41, 5.74) is 1.31. The topological polar surface area (TPSA) is 54.5 Å². The van der Waals surface area contributed by atoms with Gasteiger partial charge >= 0.3 is 0 Å². The lowest BCUT2D eigenvalue weighted by Crippen LogP contribution is -2.35. The molecule has 21 heavy (non-hydrogen) atoms. The van der Waals surface area contributed by atoms with Gasteiger partial charge in [-0.2, -0.15) is 0 Å². The number of halogens is 1. The molecule has 0 radical (unpaired) electrons. The largest absolute Gasteiger partial charge is 0.336 e. The number of hydrogen-bond donors (Lipinski definition) is 0. The highest BCUT2D eigenvalue weighted by Crippen LogP contribution is 2.26. The van der Waals surface area contributed by atoms with Crippen molar-refractivity contribution in [2.24, 2.45) is 0 Å². The van der Waals surface area contributed by atoms with E-state index in [0.29, 0.717) is 12.0 Å². The molecule has 1 aromatic rings. The summed E-state index contributed by atoms with van der Waals surface area (Å²) in [7, 11) is 1.57. The second kappa shape index (κ2) is 6.36. The summed E-state index contributed by atoms with van der Waals surface area (Å²) in [4.78, 5) is 14.6. The highest BCUT2D eigenvalue weighted by Gasteiger charge is 2.29. The molecule has 1 unspecified atom stereocenters. The molecule has 1 aliphatic rings. The average molecular weight is 330 g/mol. The van der Waals surface area contributed by atoms with E-state index in [0.717, 1.165) is 31.4 Å². The van der Waals surface area contributed by atoms with Gasteiger partial charge in [0.05, 0.1) is 4.90 Å². The van der Waals surface area contributed by atoms with Crippen molar-refractivity contribution in [2.45, 2.75) is 50.5 Å². The molecule has 1 atom stereocenters. The molecule has 0 spiro atoms. The number of aryl methyl sites for hydroxylation is 1. The first-order valence-electron chi connectivity index (χ1n) is 7.27. The van der Waals surface area contributed by atoms with Crippen LogP contribution in [0.15, 0.2) is 23.1 Å². The monoisotopic (exact) mass is 329 g/mol. The molecule has 1 aliphatic heterocycles. The number of rotatable bonds is 4. The Balaban J connectivity index is 2.43. The van der Waals surface area contributed by atoms with Crippen molar-refractivity contribution in [3.63, 3.8) is 0 Å². The van der Waals surface area contributed by atoms with E-state index in [-0.39, 0.29) is 16.8 Å². The fourth-order valence-electron chi connectivity index (χ4n) is 2.90. The van der Waals surface area contributed by atoms with E-state index >= 15 is 0 Å². The summed E-state index contributed by atoms with van der Waals surface area (Å²) in [5.74, 6) is -0.0848. The first kappa shape index (κ1) is 16.3. The second-order valence-corrected chi connectivity index (χ2v) is 7.88.